The highest BCUT2D eigenvalue weighted by Crippen LogP contribution is 2.55. The number of nitrogens with one attached hydrogen (secondary N) is 1. The van der Waals surface area contributed by atoms with E-state index >= 15 is 0 Å². The van der Waals surface area contributed by atoms with Gasteiger partial charge >= 0.3 is 0 Å². The Morgan fingerprint density at radius 3 is 2.68 bits per heavy atom. The summed E-state index contributed by atoms with van der Waals surface area (Å²) in [6.07, 6.45) is 5.94. The van der Waals surface area contributed by atoms with Crippen molar-refractivity contribution in [2.45, 2.75) is 55.7 Å². The van der Waals surface area contributed by atoms with Crippen LogP contribution in [0.5, 0.6) is 0 Å². The normalized spacial score (nSPS) is 35.7. The van der Waals surface area contributed by atoms with Crippen LogP contribution >= 0.6 is 0 Å². The topological polar surface area (TPSA) is 61.9 Å². The standard InChI is InChI=1S/C22H27N3O3/c26-19(24-11-7-21(8-12-24)9-13-28-21)17-14-15-4-3-10-25(15)22(17)16-5-1-2-6-18(16)23-20(22)27/h1-2,5-6,15,17H,3-4,7-14H2,(H,23,27)/t15-,17+,22+/m1/s1. The van der Waals surface area contributed by atoms with E-state index in [1.165, 1.54) is 0 Å². The van der Waals surface area contributed by atoms with Crippen LogP contribution in [-0.2, 0) is 19.9 Å². The Morgan fingerprint density at radius 1 is 1.14 bits per heavy atom. The van der Waals surface area contributed by atoms with Gasteiger partial charge in [0.25, 0.3) is 0 Å². The van der Waals surface area contributed by atoms with Gasteiger partial charge in [0.1, 0.15) is 5.54 Å². The molecule has 6 nitrogen and oxygen atoms in total. The molecule has 6 rings (SSSR count). The van der Waals surface area contributed by atoms with Crippen LogP contribution < -0.4 is 5.32 Å². The summed E-state index contributed by atoms with van der Waals surface area (Å²) in [5.41, 5.74) is 1.08. The van der Waals surface area contributed by atoms with Gasteiger partial charge in [-0.05, 0) is 51.1 Å². The molecule has 0 bridgehead atoms. The molecule has 3 atom stereocenters. The van der Waals surface area contributed by atoms with Gasteiger partial charge in [-0.2, -0.15) is 0 Å². The zero-order valence-corrected chi connectivity index (χ0v) is 16.2. The molecule has 1 aromatic rings. The Morgan fingerprint density at radius 2 is 1.93 bits per heavy atom. The number of anilines is 1. The molecule has 5 heterocycles. The molecule has 5 aliphatic rings. The summed E-state index contributed by atoms with van der Waals surface area (Å²) in [6.45, 7) is 3.25. The number of hydrogen-bond acceptors (Lipinski definition) is 4. The number of rotatable bonds is 1. The third-order valence-corrected chi connectivity index (χ3v) is 8.02. The van der Waals surface area contributed by atoms with E-state index in [4.69, 9.17) is 4.74 Å². The van der Waals surface area contributed by atoms with Gasteiger partial charge in [0, 0.05) is 30.4 Å². The molecule has 0 saturated carbocycles. The van der Waals surface area contributed by atoms with Crippen LogP contribution in [0.25, 0.3) is 0 Å². The Bertz CT molecular complexity index is 841. The second-order valence-electron chi connectivity index (χ2n) is 9.15. The molecule has 0 aromatic heterocycles. The number of carbonyl (C=O) groups is 2. The lowest BCUT2D eigenvalue weighted by atomic mass is 9.77. The van der Waals surface area contributed by atoms with Gasteiger partial charge < -0.3 is 15.0 Å². The van der Waals surface area contributed by atoms with Gasteiger partial charge in [-0.25, -0.2) is 0 Å². The van der Waals surface area contributed by atoms with Gasteiger partial charge in [-0.15, -0.1) is 0 Å². The zero-order valence-electron chi connectivity index (χ0n) is 16.2. The first-order valence-corrected chi connectivity index (χ1v) is 10.7. The Kier molecular flexibility index (Phi) is 3.52. The second kappa shape index (κ2) is 5.80. The zero-order chi connectivity index (χ0) is 18.9. The molecule has 0 unspecified atom stereocenters. The Hall–Kier alpha value is -1.92. The van der Waals surface area contributed by atoms with E-state index in [2.05, 4.69) is 10.2 Å². The van der Waals surface area contributed by atoms with E-state index < -0.39 is 5.54 Å². The van der Waals surface area contributed by atoms with E-state index in [1.807, 2.05) is 29.2 Å². The van der Waals surface area contributed by atoms with Crippen LogP contribution in [0.3, 0.4) is 0 Å². The van der Waals surface area contributed by atoms with E-state index in [1.54, 1.807) is 0 Å². The fourth-order valence-corrected chi connectivity index (χ4v) is 6.50. The monoisotopic (exact) mass is 381 g/mol. The summed E-state index contributed by atoms with van der Waals surface area (Å²) in [5, 5.41) is 3.09. The molecule has 28 heavy (non-hydrogen) atoms. The molecular formula is C22H27N3O3. The van der Waals surface area contributed by atoms with Crippen molar-refractivity contribution < 1.29 is 14.3 Å². The summed E-state index contributed by atoms with van der Waals surface area (Å²) in [4.78, 5) is 31.5. The Balaban J connectivity index is 1.36. The molecule has 2 spiro atoms. The fourth-order valence-electron chi connectivity index (χ4n) is 6.50. The number of benzene rings is 1. The summed E-state index contributed by atoms with van der Waals surface area (Å²) in [7, 11) is 0. The van der Waals surface area contributed by atoms with Crippen molar-refractivity contribution in [3.8, 4) is 0 Å². The average molecular weight is 381 g/mol. The van der Waals surface area contributed by atoms with Crippen molar-refractivity contribution in [2.24, 2.45) is 5.92 Å². The minimum Gasteiger partial charge on any atom is -0.375 e. The van der Waals surface area contributed by atoms with Crippen molar-refractivity contribution in [1.29, 1.82) is 0 Å². The van der Waals surface area contributed by atoms with Crippen LogP contribution in [0.1, 0.15) is 44.1 Å². The van der Waals surface area contributed by atoms with Gasteiger partial charge in [0.05, 0.1) is 18.1 Å². The van der Waals surface area contributed by atoms with E-state index in [9.17, 15) is 9.59 Å². The number of nitrogens with zero attached hydrogens (tertiary/aromatic N) is 2. The predicted octanol–water partition coefficient (Wildman–Crippen LogP) is 2.10. The molecule has 4 fully saturated rings. The summed E-state index contributed by atoms with van der Waals surface area (Å²) in [6, 6.07) is 8.28. The fraction of sp³-hybridized carbons (Fsp3) is 0.636. The predicted molar refractivity (Wildman–Crippen MR) is 104 cm³/mol. The van der Waals surface area contributed by atoms with E-state index in [0.717, 1.165) is 76.0 Å². The summed E-state index contributed by atoms with van der Waals surface area (Å²) in [5.74, 6) is -0.138. The minimum atomic E-state index is -0.822. The minimum absolute atomic E-state index is 0.00717. The number of ether oxygens (including phenoxy) is 1. The third-order valence-electron chi connectivity index (χ3n) is 8.02. The summed E-state index contributed by atoms with van der Waals surface area (Å²) >= 11 is 0. The quantitative estimate of drug-likeness (QED) is 0.809. The van der Waals surface area contributed by atoms with Gasteiger partial charge in [-0.1, -0.05) is 18.2 Å². The number of piperidine rings is 1. The summed E-state index contributed by atoms with van der Waals surface area (Å²) < 4.78 is 5.82. The van der Waals surface area contributed by atoms with Crippen LogP contribution in [0.2, 0.25) is 0 Å². The molecule has 4 saturated heterocycles. The molecule has 6 heteroatoms. The SMILES string of the molecule is O=C([C@@H]1C[C@H]2CCCN2[C@]12C(=O)Nc1ccccc12)N1CCC2(CCO2)CC1. The number of carbonyl (C=O) groups excluding carboxylic acids is 2. The lowest BCUT2D eigenvalue weighted by Gasteiger charge is -2.48. The van der Waals surface area contributed by atoms with Crippen molar-refractivity contribution in [3.63, 3.8) is 0 Å². The molecule has 1 aromatic carbocycles. The molecular weight excluding hydrogens is 354 g/mol. The number of amides is 2. The maximum atomic E-state index is 13.7. The van der Waals surface area contributed by atoms with Crippen LogP contribution in [0, 0.1) is 5.92 Å². The van der Waals surface area contributed by atoms with Gasteiger partial charge in [-0.3, -0.25) is 14.5 Å². The van der Waals surface area contributed by atoms with Gasteiger partial charge in [0.2, 0.25) is 11.8 Å². The first-order chi connectivity index (χ1) is 13.6. The Labute approximate surface area is 165 Å². The third kappa shape index (κ3) is 2.05. The lowest BCUT2D eigenvalue weighted by molar-refractivity contribution is -0.178. The highest BCUT2D eigenvalue weighted by molar-refractivity contribution is 6.09. The number of para-hydroxylation sites is 1. The number of hydrogen-bond donors (Lipinski definition) is 1. The molecule has 148 valence electrons. The number of likely N-dealkylation sites (tertiary alicyclic amines) is 1. The van der Waals surface area contributed by atoms with Gasteiger partial charge in [0.15, 0.2) is 0 Å². The molecule has 5 aliphatic heterocycles. The van der Waals surface area contributed by atoms with Crippen LogP contribution in [0.15, 0.2) is 24.3 Å². The van der Waals surface area contributed by atoms with E-state index in [-0.39, 0.29) is 23.3 Å². The number of fused-ring (bicyclic) bond motifs is 4. The lowest BCUT2D eigenvalue weighted by Crippen LogP contribution is -2.58. The van der Waals surface area contributed by atoms with Crippen molar-refractivity contribution >= 4 is 17.5 Å². The first kappa shape index (κ1) is 17.0. The largest absolute Gasteiger partial charge is 0.375 e. The molecule has 0 aliphatic carbocycles. The first-order valence-electron chi connectivity index (χ1n) is 10.7. The van der Waals surface area contributed by atoms with Crippen LogP contribution in [0.4, 0.5) is 5.69 Å². The molecule has 1 N–H and O–H groups in total. The van der Waals surface area contributed by atoms with E-state index in [0.29, 0.717) is 6.04 Å². The maximum Gasteiger partial charge on any atom is 0.250 e. The van der Waals surface area contributed by atoms with Crippen molar-refractivity contribution in [2.75, 3.05) is 31.6 Å². The second-order valence-corrected chi connectivity index (χ2v) is 9.15. The smallest absolute Gasteiger partial charge is 0.250 e. The molecule has 0 radical (unpaired) electrons. The van der Waals surface area contributed by atoms with Crippen molar-refractivity contribution in [1.82, 2.24) is 9.80 Å². The highest BCUT2D eigenvalue weighted by Gasteiger charge is 2.66. The van der Waals surface area contributed by atoms with Crippen LogP contribution in [-0.4, -0.2) is 59.5 Å². The molecule has 2 amide bonds. The maximum absolute atomic E-state index is 13.7. The highest BCUT2D eigenvalue weighted by atomic mass is 16.5. The van der Waals surface area contributed by atoms with Crippen molar-refractivity contribution in [3.05, 3.63) is 29.8 Å². The average Bonchev–Trinajstić information content (AvgIpc) is 3.35.